The van der Waals surface area contributed by atoms with Gasteiger partial charge in [0.25, 0.3) is 0 Å². The molecule has 10 heteroatoms. The molecule has 2 heterocycles. The number of aromatic nitrogens is 1. The van der Waals surface area contributed by atoms with E-state index in [0.717, 1.165) is 22.5 Å². The smallest absolute Gasteiger partial charge is 0.336 e. The first-order chi connectivity index (χ1) is 18.3. The Morgan fingerprint density at radius 1 is 0.947 bits per heavy atom. The molecule has 0 bridgehead atoms. The molecule has 0 spiro atoms. The molecule has 9 nitrogen and oxygen atoms in total. The number of hydrogen-bond donors (Lipinski definition) is 1. The second kappa shape index (κ2) is 11.5. The Bertz CT molecular complexity index is 1430. The predicted octanol–water partition coefficient (Wildman–Crippen LogP) is 5.37. The number of allylic oxidation sites excluding steroid dienone is 1. The first kappa shape index (κ1) is 26.9. The Morgan fingerprint density at radius 2 is 1.71 bits per heavy atom. The molecule has 0 radical (unpaired) electrons. The minimum Gasteiger partial charge on any atom is -0.493 e. The van der Waals surface area contributed by atoms with Gasteiger partial charge in [0.1, 0.15) is 5.92 Å². The normalized spacial score (nSPS) is 16.9. The number of nitrogens with one attached hydrogen (secondary N) is 1. The van der Waals surface area contributed by atoms with E-state index >= 15 is 0 Å². The maximum atomic E-state index is 12.8. The zero-order chi connectivity index (χ0) is 27.4. The van der Waals surface area contributed by atoms with Crippen molar-refractivity contribution in [3.05, 3.63) is 64.7 Å². The second-order valence-electron chi connectivity index (χ2n) is 8.58. The maximum Gasteiger partial charge on any atom is 0.336 e. The van der Waals surface area contributed by atoms with E-state index in [9.17, 15) is 9.59 Å². The van der Waals surface area contributed by atoms with Gasteiger partial charge in [0.05, 0.1) is 39.7 Å². The van der Waals surface area contributed by atoms with Crippen molar-refractivity contribution in [3.8, 4) is 22.8 Å². The lowest BCUT2D eigenvalue weighted by atomic mass is 9.75. The molecule has 0 saturated heterocycles. The Balaban J connectivity index is 1.66. The number of nitrogens with zero attached hydrogens (tertiary/aromatic N) is 2. The Morgan fingerprint density at radius 3 is 2.39 bits per heavy atom. The van der Waals surface area contributed by atoms with Crippen molar-refractivity contribution >= 4 is 39.8 Å². The number of esters is 2. The summed E-state index contributed by atoms with van der Waals surface area (Å²) in [4.78, 5) is 34.8. The number of benzene rings is 2. The fraction of sp³-hybridized carbons (Fsp3) is 0.286. The molecule has 38 heavy (non-hydrogen) atoms. The Labute approximate surface area is 225 Å². The third-order valence-corrected chi connectivity index (χ3v) is 7.13. The van der Waals surface area contributed by atoms with Crippen LogP contribution in [0.4, 0.5) is 10.8 Å². The molecule has 1 aromatic heterocycles. The van der Waals surface area contributed by atoms with Crippen LogP contribution in [0.5, 0.6) is 11.5 Å². The molecule has 2 aromatic carbocycles. The molecule has 2 atom stereocenters. The number of thiazole rings is 1. The third-order valence-electron chi connectivity index (χ3n) is 6.37. The van der Waals surface area contributed by atoms with Crippen molar-refractivity contribution in [2.75, 3.05) is 33.8 Å². The van der Waals surface area contributed by atoms with E-state index in [4.69, 9.17) is 23.9 Å². The monoisotopic (exact) mass is 535 g/mol. The second-order valence-corrected chi connectivity index (χ2v) is 9.44. The molecule has 0 saturated carbocycles. The van der Waals surface area contributed by atoms with Gasteiger partial charge in [-0.15, -0.1) is 11.3 Å². The van der Waals surface area contributed by atoms with Gasteiger partial charge in [-0.05, 0) is 49.7 Å². The van der Waals surface area contributed by atoms with E-state index < -0.39 is 23.8 Å². The lowest BCUT2D eigenvalue weighted by molar-refractivity contribution is -0.143. The summed E-state index contributed by atoms with van der Waals surface area (Å²) >= 11 is 1.45. The molecular weight excluding hydrogens is 506 g/mol. The van der Waals surface area contributed by atoms with Crippen LogP contribution >= 0.6 is 11.3 Å². The number of carbonyl (C=O) groups excluding carboxylic acids is 2. The first-order valence-corrected chi connectivity index (χ1v) is 12.7. The molecule has 1 N–H and O–H groups in total. The molecule has 3 aromatic rings. The summed E-state index contributed by atoms with van der Waals surface area (Å²) in [6.45, 7) is 3.50. The van der Waals surface area contributed by atoms with Crippen molar-refractivity contribution in [2.24, 2.45) is 10.9 Å². The first-order valence-electron chi connectivity index (χ1n) is 11.8. The molecule has 1 aliphatic rings. The van der Waals surface area contributed by atoms with Gasteiger partial charge in [-0.3, -0.25) is 9.79 Å². The molecule has 1 aliphatic heterocycles. The lowest BCUT2D eigenvalue weighted by Gasteiger charge is -2.31. The number of carbonyl (C=O) groups is 2. The molecule has 0 amide bonds. The summed E-state index contributed by atoms with van der Waals surface area (Å²) in [5.41, 5.74) is 4.59. The summed E-state index contributed by atoms with van der Waals surface area (Å²) in [5, 5.41) is 5.96. The zero-order valence-electron chi connectivity index (χ0n) is 22.0. The van der Waals surface area contributed by atoms with Crippen LogP contribution in [0.3, 0.4) is 0 Å². The van der Waals surface area contributed by atoms with Gasteiger partial charge in [-0.2, -0.15) is 0 Å². The molecule has 198 valence electrons. The quantitative estimate of drug-likeness (QED) is 0.384. The minimum absolute atomic E-state index is 0.329. The zero-order valence-corrected chi connectivity index (χ0v) is 22.8. The molecule has 0 fully saturated rings. The number of aliphatic imine (C=N–C) groups is 1. The lowest BCUT2D eigenvalue weighted by Crippen LogP contribution is -2.36. The average molecular weight is 536 g/mol. The highest BCUT2D eigenvalue weighted by Gasteiger charge is 2.42. The predicted molar refractivity (Wildman–Crippen MR) is 146 cm³/mol. The van der Waals surface area contributed by atoms with Crippen LogP contribution in [0.1, 0.15) is 25.3 Å². The van der Waals surface area contributed by atoms with E-state index in [0.29, 0.717) is 33.6 Å². The van der Waals surface area contributed by atoms with Gasteiger partial charge in [0.15, 0.2) is 16.6 Å². The van der Waals surface area contributed by atoms with E-state index in [1.54, 1.807) is 28.1 Å². The molecule has 0 aliphatic carbocycles. The van der Waals surface area contributed by atoms with E-state index in [1.165, 1.54) is 25.6 Å². The Kier molecular flexibility index (Phi) is 8.11. The third kappa shape index (κ3) is 5.26. The highest BCUT2D eigenvalue weighted by Crippen LogP contribution is 2.41. The number of methoxy groups -OCH3 is 4. The Hall–Kier alpha value is -4.18. The molecular formula is C28H29N3O6S. The summed E-state index contributed by atoms with van der Waals surface area (Å²) in [7, 11) is 5.83. The minimum atomic E-state index is -0.760. The van der Waals surface area contributed by atoms with Crippen molar-refractivity contribution < 1.29 is 28.5 Å². The fourth-order valence-electron chi connectivity index (χ4n) is 4.60. The SMILES string of the molecule is COC(=O)C1=C(C)N=C(C)C(C(=O)OC)C1c1cccc(Nc2nc(-c3ccc(OC)c(OC)c3)cs2)c1. The average Bonchev–Trinajstić information content (AvgIpc) is 3.39. The van der Waals surface area contributed by atoms with Gasteiger partial charge < -0.3 is 24.3 Å². The van der Waals surface area contributed by atoms with Crippen LogP contribution < -0.4 is 14.8 Å². The summed E-state index contributed by atoms with van der Waals surface area (Å²) in [6.07, 6.45) is 0. The number of anilines is 2. The maximum absolute atomic E-state index is 12.8. The number of rotatable bonds is 8. The van der Waals surface area contributed by atoms with Crippen LogP contribution in [-0.2, 0) is 19.1 Å². The molecule has 2 unspecified atom stereocenters. The van der Waals surface area contributed by atoms with Crippen LogP contribution in [0.15, 0.2) is 64.1 Å². The summed E-state index contributed by atoms with van der Waals surface area (Å²) in [5.74, 6) is -1.11. The van der Waals surface area contributed by atoms with E-state index in [-0.39, 0.29) is 0 Å². The topological polar surface area (TPSA) is 108 Å². The van der Waals surface area contributed by atoms with Crippen molar-refractivity contribution in [1.82, 2.24) is 4.98 Å². The molecule has 4 rings (SSSR count). The van der Waals surface area contributed by atoms with Crippen molar-refractivity contribution in [1.29, 1.82) is 0 Å². The highest BCUT2D eigenvalue weighted by molar-refractivity contribution is 7.14. The van der Waals surface area contributed by atoms with Gasteiger partial charge in [0, 0.05) is 34.0 Å². The fourth-order valence-corrected chi connectivity index (χ4v) is 5.34. The van der Waals surface area contributed by atoms with Crippen molar-refractivity contribution in [2.45, 2.75) is 19.8 Å². The van der Waals surface area contributed by atoms with Gasteiger partial charge in [-0.25, -0.2) is 9.78 Å². The standard InChI is InChI=1S/C28H29N3O6S/c1-15-23(26(32)36-5)25(24(16(2)29-15)27(33)37-6)18-8-7-9-19(12-18)30-28-31-20(14-38-28)17-10-11-21(34-3)22(13-17)35-4/h7-14,23,25H,1-6H3,(H,30,31). The van der Waals surface area contributed by atoms with E-state index in [2.05, 4.69) is 10.3 Å². The van der Waals surface area contributed by atoms with Crippen molar-refractivity contribution in [3.63, 3.8) is 0 Å². The number of hydrogen-bond acceptors (Lipinski definition) is 10. The van der Waals surface area contributed by atoms with Crippen LogP contribution in [0, 0.1) is 5.92 Å². The van der Waals surface area contributed by atoms with Gasteiger partial charge in [0.2, 0.25) is 0 Å². The van der Waals surface area contributed by atoms with Crippen LogP contribution in [0.25, 0.3) is 11.3 Å². The summed E-state index contributed by atoms with van der Waals surface area (Å²) in [6, 6.07) is 13.2. The largest absolute Gasteiger partial charge is 0.493 e. The van der Waals surface area contributed by atoms with Gasteiger partial charge >= 0.3 is 11.9 Å². The van der Waals surface area contributed by atoms with Crippen LogP contribution in [-0.4, -0.2) is 51.1 Å². The highest BCUT2D eigenvalue weighted by atomic mass is 32.1. The number of ether oxygens (including phenoxy) is 4. The van der Waals surface area contributed by atoms with E-state index in [1.807, 2.05) is 47.8 Å². The summed E-state index contributed by atoms with van der Waals surface area (Å²) < 4.78 is 20.9. The van der Waals surface area contributed by atoms with Crippen LogP contribution in [0.2, 0.25) is 0 Å². The van der Waals surface area contributed by atoms with Gasteiger partial charge in [-0.1, -0.05) is 12.1 Å².